The first-order valence-corrected chi connectivity index (χ1v) is 6.24. The summed E-state index contributed by atoms with van der Waals surface area (Å²) in [6.07, 6.45) is 0. The van der Waals surface area contributed by atoms with Crippen molar-refractivity contribution in [3.63, 3.8) is 0 Å². The van der Waals surface area contributed by atoms with E-state index in [0.717, 1.165) is 23.2 Å². The second-order valence-corrected chi connectivity index (χ2v) is 4.49. The summed E-state index contributed by atoms with van der Waals surface area (Å²) in [4.78, 5) is 4.37. The quantitative estimate of drug-likeness (QED) is 0.913. The molecule has 0 aliphatic heterocycles. The van der Waals surface area contributed by atoms with Gasteiger partial charge in [-0.2, -0.15) is 0 Å². The van der Waals surface area contributed by atoms with Gasteiger partial charge in [-0.15, -0.1) is 0 Å². The van der Waals surface area contributed by atoms with Crippen LogP contribution < -0.4 is 10.1 Å². The Balaban J connectivity index is 1.95. The lowest BCUT2D eigenvalue weighted by Gasteiger charge is -2.08. The Labute approximate surface area is 116 Å². The maximum absolute atomic E-state index is 13.0. The molecule has 0 unspecified atom stereocenters. The Bertz CT molecular complexity index is 602. The van der Waals surface area contributed by atoms with Crippen LogP contribution in [0.25, 0.3) is 0 Å². The number of halogens is 2. The van der Waals surface area contributed by atoms with Crippen molar-refractivity contribution in [2.24, 2.45) is 0 Å². The first kappa shape index (κ1) is 14.4. The van der Waals surface area contributed by atoms with E-state index in [1.165, 1.54) is 6.07 Å². The van der Waals surface area contributed by atoms with Crippen molar-refractivity contribution in [2.75, 3.05) is 7.11 Å². The fraction of sp³-hybridized carbons (Fsp3) is 0.267. The molecule has 106 valence electrons. The van der Waals surface area contributed by atoms with Gasteiger partial charge in [0, 0.05) is 30.9 Å². The SMILES string of the molecule is COc1cc(C)nc(CNCc2ccc(F)c(F)c2)c1. The second-order valence-electron chi connectivity index (χ2n) is 4.49. The van der Waals surface area contributed by atoms with Gasteiger partial charge in [0.1, 0.15) is 5.75 Å². The highest BCUT2D eigenvalue weighted by Crippen LogP contribution is 2.13. The van der Waals surface area contributed by atoms with E-state index in [2.05, 4.69) is 10.3 Å². The van der Waals surface area contributed by atoms with E-state index in [0.29, 0.717) is 18.7 Å². The van der Waals surface area contributed by atoms with E-state index >= 15 is 0 Å². The van der Waals surface area contributed by atoms with E-state index in [9.17, 15) is 8.78 Å². The average Bonchev–Trinajstić information content (AvgIpc) is 2.42. The van der Waals surface area contributed by atoms with Gasteiger partial charge in [0.25, 0.3) is 0 Å². The molecule has 5 heteroatoms. The molecule has 0 fully saturated rings. The lowest BCUT2D eigenvalue weighted by molar-refractivity contribution is 0.412. The normalized spacial score (nSPS) is 10.6. The van der Waals surface area contributed by atoms with Crippen LogP contribution in [0.5, 0.6) is 5.75 Å². The summed E-state index contributed by atoms with van der Waals surface area (Å²) < 4.78 is 31.0. The van der Waals surface area contributed by atoms with Crippen LogP contribution in [0.1, 0.15) is 17.0 Å². The number of benzene rings is 1. The molecular formula is C15H16F2N2O. The molecule has 1 aromatic heterocycles. The number of hydrogen-bond donors (Lipinski definition) is 1. The third-order valence-electron chi connectivity index (χ3n) is 2.83. The van der Waals surface area contributed by atoms with Crippen molar-refractivity contribution in [2.45, 2.75) is 20.0 Å². The van der Waals surface area contributed by atoms with Crippen LogP contribution in [0.4, 0.5) is 8.78 Å². The largest absolute Gasteiger partial charge is 0.497 e. The molecule has 1 aromatic carbocycles. The van der Waals surface area contributed by atoms with Gasteiger partial charge in [0.2, 0.25) is 0 Å². The molecule has 0 bridgehead atoms. The molecule has 0 atom stereocenters. The van der Waals surface area contributed by atoms with Crippen molar-refractivity contribution in [3.05, 3.63) is 58.9 Å². The number of nitrogens with one attached hydrogen (secondary N) is 1. The Morgan fingerprint density at radius 2 is 1.90 bits per heavy atom. The smallest absolute Gasteiger partial charge is 0.159 e. The van der Waals surface area contributed by atoms with Gasteiger partial charge < -0.3 is 10.1 Å². The predicted molar refractivity (Wildman–Crippen MR) is 72.4 cm³/mol. The summed E-state index contributed by atoms with van der Waals surface area (Å²) in [7, 11) is 1.60. The summed E-state index contributed by atoms with van der Waals surface area (Å²) in [6.45, 7) is 2.85. The highest BCUT2D eigenvalue weighted by molar-refractivity contribution is 5.26. The van der Waals surface area contributed by atoms with Gasteiger partial charge in [-0.25, -0.2) is 8.78 Å². The number of pyridine rings is 1. The van der Waals surface area contributed by atoms with Gasteiger partial charge in [-0.05, 0) is 24.6 Å². The minimum absolute atomic E-state index is 0.440. The van der Waals surface area contributed by atoms with E-state index in [-0.39, 0.29) is 0 Å². The zero-order valence-electron chi connectivity index (χ0n) is 11.4. The summed E-state index contributed by atoms with van der Waals surface area (Å²) in [5.74, 6) is -0.916. The van der Waals surface area contributed by atoms with E-state index in [1.807, 2.05) is 19.1 Å². The summed E-state index contributed by atoms with van der Waals surface area (Å²) >= 11 is 0. The lowest BCUT2D eigenvalue weighted by Crippen LogP contribution is -2.14. The topological polar surface area (TPSA) is 34.1 Å². The maximum Gasteiger partial charge on any atom is 0.159 e. The number of methoxy groups -OCH3 is 1. The monoisotopic (exact) mass is 278 g/mol. The lowest BCUT2D eigenvalue weighted by atomic mass is 10.2. The molecular weight excluding hydrogens is 262 g/mol. The van der Waals surface area contributed by atoms with Crippen LogP contribution in [-0.2, 0) is 13.1 Å². The van der Waals surface area contributed by atoms with E-state index in [4.69, 9.17) is 4.74 Å². The molecule has 0 saturated carbocycles. The van der Waals surface area contributed by atoms with Crippen molar-refractivity contribution < 1.29 is 13.5 Å². The number of ether oxygens (including phenoxy) is 1. The number of nitrogens with zero attached hydrogens (tertiary/aromatic N) is 1. The van der Waals surface area contributed by atoms with Crippen LogP contribution in [0.3, 0.4) is 0 Å². The van der Waals surface area contributed by atoms with Gasteiger partial charge in [0.05, 0.1) is 12.8 Å². The Hall–Kier alpha value is -2.01. The predicted octanol–water partition coefficient (Wildman–Crippen LogP) is 2.97. The molecule has 0 saturated heterocycles. The van der Waals surface area contributed by atoms with Crippen molar-refractivity contribution in [1.82, 2.24) is 10.3 Å². The maximum atomic E-state index is 13.0. The molecule has 20 heavy (non-hydrogen) atoms. The Kier molecular flexibility index (Phi) is 4.63. The molecule has 0 amide bonds. The molecule has 1 N–H and O–H groups in total. The number of aryl methyl sites for hydroxylation is 1. The molecule has 0 spiro atoms. The van der Waals surface area contributed by atoms with Crippen LogP contribution >= 0.6 is 0 Å². The van der Waals surface area contributed by atoms with Crippen LogP contribution in [0, 0.1) is 18.6 Å². The molecule has 1 heterocycles. The molecule has 0 aliphatic rings. The number of aromatic nitrogens is 1. The third-order valence-corrected chi connectivity index (χ3v) is 2.83. The van der Waals surface area contributed by atoms with Gasteiger partial charge in [-0.3, -0.25) is 4.98 Å². The zero-order chi connectivity index (χ0) is 14.5. The minimum Gasteiger partial charge on any atom is -0.497 e. The summed E-state index contributed by atoms with van der Waals surface area (Å²) in [6, 6.07) is 7.55. The first-order valence-electron chi connectivity index (χ1n) is 6.24. The van der Waals surface area contributed by atoms with Crippen molar-refractivity contribution in [3.8, 4) is 5.75 Å². The molecule has 3 nitrogen and oxygen atoms in total. The minimum atomic E-state index is -0.834. The molecule has 2 aromatic rings. The van der Waals surface area contributed by atoms with Crippen molar-refractivity contribution >= 4 is 0 Å². The van der Waals surface area contributed by atoms with Crippen molar-refractivity contribution in [1.29, 1.82) is 0 Å². The fourth-order valence-corrected chi connectivity index (χ4v) is 1.90. The van der Waals surface area contributed by atoms with Gasteiger partial charge in [-0.1, -0.05) is 6.07 Å². The number of hydrogen-bond acceptors (Lipinski definition) is 3. The van der Waals surface area contributed by atoms with Gasteiger partial charge >= 0.3 is 0 Å². The van der Waals surface area contributed by atoms with E-state index in [1.54, 1.807) is 13.2 Å². The standard InChI is InChI=1S/C15H16F2N2O/c1-10-5-13(20-2)7-12(19-10)9-18-8-11-3-4-14(16)15(17)6-11/h3-7,18H,8-9H2,1-2H3. The molecule has 2 rings (SSSR count). The van der Waals surface area contributed by atoms with E-state index < -0.39 is 11.6 Å². The molecule has 0 aliphatic carbocycles. The van der Waals surface area contributed by atoms with Gasteiger partial charge in [0.15, 0.2) is 11.6 Å². The number of rotatable bonds is 5. The fourth-order valence-electron chi connectivity index (χ4n) is 1.90. The highest BCUT2D eigenvalue weighted by atomic mass is 19.2. The zero-order valence-corrected chi connectivity index (χ0v) is 11.4. The van der Waals surface area contributed by atoms with Crippen LogP contribution in [0.2, 0.25) is 0 Å². The summed E-state index contributed by atoms with van der Waals surface area (Å²) in [5, 5.41) is 3.14. The third kappa shape index (κ3) is 3.74. The first-order chi connectivity index (χ1) is 9.58. The Morgan fingerprint density at radius 3 is 2.60 bits per heavy atom. The second kappa shape index (κ2) is 6.43. The Morgan fingerprint density at radius 1 is 1.10 bits per heavy atom. The van der Waals surface area contributed by atoms with Crippen LogP contribution in [0.15, 0.2) is 30.3 Å². The summed E-state index contributed by atoms with van der Waals surface area (Å²) in [5.41, 5.74) is 2.39. The van der Waals surface area contributed by atoms with Crippen LogP contribution in [-0.4, -0.2) is 12.1 Å². The average molecular weight is 278 g/mol. The molecule has 0 radical (unpaired) electrons. The highest BCUT2D eigenvalue weighted by Gasteiger charge is 2.03.